The summed E-state index contributed by atoms with van der Waals surface area (Å²) in [5, 5.41) is 10.3. The van der Waals surface area contributed by atoms with E-state index in [1.54, 1.807) is 11.8 Å². The Labute approximate surface area is 158 Å². The SMILES string of the molecule is CSCc1nc(CNC(C)C(=O)N2CCN(c3ccccc3)CC2)n[nH]1. The average molecular weight is 375 g/mol. The van der Waals surface area contributed by atoms with E-state index in [1.807, 2.05) is 36.3 Å². The molecule has 0 radical (unpaired) electrons. The number of piperazine rings is 1. The maximum Gasteiger partial charge on any atom is 0.239 e. The Morgan fingerprint density at radius 2 is 2.00 bits per heavy atom. The van der Waals surface area contributed by atoms with Gasteiger partial charge in [-0.25, -0.2) is 4.98 Å². The summed E-state index contributed by atoms with van der Waals surface area (Å²) in [5.41, 5.74) is 1.22. The van der Waals surface area contributed by atoms with Crippen molar-refractivity contribution in [1.29, 1.82) is 0 Å². The van der Waals surface area contributed by atoms with E-state index in [0.717, 1.165) is 37.8 Å². The first kappa shape index (κ1) is 18.7. The van der Waals surface area contributed by atoms with Crippen molar-refractivity contribution < 1.29 is 4.79 Å². The molecule has 1 aromatic carbocycles. The van der Waals surface area contributed by atoms with Crippen LogP contribution in [0.5, 0.6) is 0 Å². The minimum atomic E-state index is -0.249. The molecule has 2 heterocycles. The van der Waals surface area contributed by atoms with E-state index in [4.69, 9.17) is 0 Å². The smallest absolute Gasteiger partial charge is 0.239 e. The van der Waals surface area contributed by atoms with E-state index >= 15 is 0 Å². The molecular weight excluding hydrogens is 348 g/mol. The summed E-state index contributed by atoms with van der Waals surface area (Å²) in [6.45, 7) is 5.61. The predicted molar refractivity (Wildman–Crippen MR) is 105 cm³/mol. The Hall–Kier alpha value is -2.06. The quantitative estimate of drug-likeness (QED) is 0.765. The van der Waals surface area contributed by atoms with Crippen LogP contribution in [0.25, 0.3) is 0 Å². The second-order valence-corrected chi connectivity index (χ2v) is 7.25. The Morgan fingerprint density at radius 1 is 1.27 bits per heavy atom. The fourth-order valence-electron chi connectivity index (χ4n) is 3.04. The molecule has 1 aliphatic rings. The molecule has 1 aromatic heterocycles. The lowest BCUT2D eigenvalue weighted by molar-refractivity contribution is -0.133. The molecular formula is C18H26N6OS. The van der Waals surface area contributed by atoms with E-state index in [9.17, 15) is 4.79 Å². The zero-order valence-corrected chi connectivity index (χ0v) is 16.1. The lowest BCUT2D eigenvalue weighted by atomic mass is 10.2. The van der Waals surface area contributed by atoms with E-state index in [-0.39, 0.29) is 11.9 Å². The fraction of sp³-hybridized carbons (Fsp3) is 0.500. The van der Waals surface area contributed by atoms with E-state index in [0.29, 0.717) is 12.4 Å². The standard InChI is InChI=1S/C18H26N6OS/c1-14(19-12-16-20-17(13-26-2)22-21-16)18(25)24-10-8-23(9-11-24)15-6-4-3-5-7-15/h3-7,14,19H,8-13H2,1-2H3,(H,20,21,22). The summed E-state index contributed by atoms with van der Waals surface area (Å²) in [4.78, 5) is 21.3. The van der Waals surface area contributed by atoms with Crippen molar-refractivity contribution in [2.75, 3.05) is 37.3 Å². The molecule has 0 aliphatic carbocycles. The first-order chi connectivity index (χ1) is 12.7. The van der Waals surface area contributed by atoms with Crippen molar-refractivity contribution in [3.8, 4) is 0 Å². The minimum absolute atomic E-state index is 0.137. The first-order valence-corrected chi connectivity index (χ1v) is 10.3. The highest BCUT2D eigenvalue weighted by Crippen LogP contribution is 2.16. The molecule has 1 fully saturated rings. The number of aromatic nitrogens is 3. The number of hydrogen-bond acceptors (Lipinski definition) is 6. The van der Waals surface area contributed by atoms with Gasteiger partial charge in [0.05, 0.1) is 18.3 Å². The molecule has 0 spiro atoms. The van der Waals surface area contributed by atoms with Crippen molar-refractivity contribution in [2.45, 2.75) is 25.3 Å². The van der Waals surface area contributed by atoms with E-state index < -0.39 is 0 Å². The highest BCUT2D eigenvalue weighted by atomic mass is 32.2. The van der Waals surface area contributed by atoms with Crippen LogP contribution in [0.4, 0.5) is 5.69 Å². The number of rotatable bonds is 7. The number of amides is 1. The van der Waals surface area contributed by atoms with Gasteiger partial charge in [0, 0.05) is 31.9 Å². The summed E-state index contributed by atoms with van der Waals surface area (Å²) < 4.78 is 0. The second kappa shape index (κ2) is 9.05. The third kappa shape index (κ3) is 4.76. The van der Waals surface area contributed by atoms with Gasteiger partial charge in [-0.2, -0.15) is 16.9 Å². The molecule has 0 bridgehead atoms. The van der Waals surface area contributed by atoms with Gasteiger partial charge in [0.2, 0.25) is 5.91 Å². The molecule has 3 rings (SSSR count). The topological polar surface area (TPSA) is 77.2 Å². The monoisotopic (exact) mass is 374 g/mol. The molecule has 140 valence electrons. The molecule has 8 heteroatoms. The number of H-pyrrole nitrogens is 1. The molecule has 1 atom stereocenters. The number of aromatic amines is 1. The van der Waals surface area contributed by atoms with Crippen LogP contribution >= 0.6 is 11.8 Å². The van der Waals surface area contributed by atoms with Gasteiger partial charge < -0.3 is 9.80 Å². The molecule has 2 aromatic rings. The third-order valence-corrected chi connectivity index (χ3v) is 5.07. The van der Waals surface area contributed by atoms with Gasteiger partial charge >= 0.3 is 0 Å². The van der Waals surface area contributed by atoms with Gasteiger partial charge in [0.1, 0.15) is 5.82 Å². The number of para-hydroxylation sites is 1. The fourth-order valence-corrected chi connectivity index (χ4v) is 3.45. The molecule has 26 heavy (non-hydrogen) atoms. The van der Waals surface area contributed by atoms with Crippen LogP contribution in [0.15, 0.2) is 30.3 Å². The van der Waals surface area contributed by atoms with Crippen molar-refractivity contribution in [1.82, 2.24) is 25.4 Å². The van der Waals surface area contributed by atoms with Crippen LogP contribution in [0.2, 0.25) is 0 Å². The largest absolute Gasteiger partial charge is 0.368 e. The maximum atomic E-state index is 12.7. The van der Waals surface area contributed by atoms with Crippen LogP contribution in [-0.2, 0) is 17.1 Å². The number of carbonyl (C=O) groups is 1. The molecule has 2 N–H and O–H groups in total. The van der Waals surface area contributed by atoms with Gasteiger partial charge in [-0.05, 0) is 25.3 Å². The summed E-state index contributed by atoms with van der Waals surface area (Å²) in [6.07, 6.45) is 2.03. The molecule has 1 saturated heterocycles. The number of hydrogen-bond donors (Lipinski definition) is 2. The first-order valence-electron chi connectivity index (χ1n) is 8.88. The number of anilines is 1. The van der Waals surface area contributed by atoms with Crippen LogP contribution in [-0.4, -0.2) is 64.5 Å². The number of carbonyl (C=O) groups excluding carboxylic acids is 1. The number of thioether (sulfide) groups is 1. The molecule has 1 unspecified atom stereocenters. The van der Waals surface area contributed by atoms with Gasteiger partial charge in [0.15, 0.2) is 5.82 Å². The van der Waals surface area contributed by atoms with E-state index in [1.165, 1.54) is 5.69 Å². The zero-order chi connectivity index (χ0) is 18.4. The Bertz CT molecular complexity index is 699. The molecule has 1 amide bonds. The van der Waals surface area contributed by atoms with Crippen molar-refractivity contribution in [3.63, 3.8) is 0 Å². The minimum Gasteiger partial charge on any atom is -0.368 e. The van der Waals surface area contributed by atoms with Gasteiger partial charge in [-0.1, -0.05) is 18.2 Å². The van der Waals surface area contributed by atoms with E-state index in [2.05, 4.69) is 37.5 Å². The van der Waals surface area contributed by atoms with Gasteiger partial charge in [-0.15, -0.1) is 0 Å². The van der Waals surface area contributed by atoms with Gasteiger partial charge in [0.25, 0.3) is 0 Å². The summed E-state index contributed by atoms with van der Waals surface area (Å²) in [5.74, 6) is 2.51. The molecule has 1 aliphatic heterocycles. The number of nitrogens with one attached hydrogen (secondary N) is 2. The number of nitrogens with zero attached hydrogens (tertiary/aromatic N) is 4. The van der Waals surface area contributed by atoms with Crippen molar-refractivity contribution >= 4 is 23.4 Å². The normalized spacial score (nSPS) is 15.9. The summed E-state index contributed by atoms with van der Waals surface area (Å²) in [6, 6.07) is 10.1. The number of benzene rings is 1. The highest BCUT2D eigenvalue weighted by Gasteiger charge is 2.25. The van der Waals surface area contributed by atoms with Crippen LogP contribution in [0.3, 0.4) is 0 Å². The lowest BCUT2D eigenvalue weighted by Crippen LogP contribution is -2.53. The van der Waals surface area contributed by atoms with Crippen molar-refractivity contribution in [3.05, 3.63) is 42.0 Å². The summed E-state index contributed by atoms with van der Waals surface area (Å²) >= 11 is 1.70. The average Bonchev–Trinajstić information content (AvgIpc) is 3.14. The Balaban J connectivity index is 1.45. The Morgan fingerprint density at radius 3 is 2.69 bits per heavy atom. The maximum absolute atomic E-state index is 12.7. The predicted octanol–water partition coefficient (Wildman–Crippen LogP) is 1.49. The lowest BCUT2D eigenvalue weighted by Gasteiger charge is -2.37. The third-order valence-electron chi connectivity index (χ3n) is 4.51. The molecule has 0 saturated carbocycles. The van der Waals surface area contributed by atoms with Crippen LogP contribution in [0.1, 0.15) is 18.6 Å². The second-order valence-electron chi connectivity index (χ2n) is 6.38. The van der Waals surface area contributed by atoms with Crippen LogP contribution in [0, 0.1) is 0 Å². The zero-order valence-electron chi connectivity index (χ0n) is 15.3. The summed E-state index contributed by atoms with van der Waals surface area (Å²) in [7, 11) is 0. The van der Waals surface area contributed by atoms with Gasteiger partial charge in [-0.3, -0.25) is 15.2 Å². The van der Waals surface area contributed by atoms with Crippen LogP contribution < -0.4 is 10.2 Å². The molecule has 7 nitrogen and oxygen atoms in total. The Kier molecular flexibility index (Phi) is 6.51. The highest BCUT2D eigenvalue weighted by molar-refractivity contribution is 7.97. The van der Waals surface area contributed by atoms with Crippen molar-refractivity contribution in [2.24, 2.45) is 0 Å².